The predicted molar refractivity (Wildman–Crippen MR) is 140 cm³/mol. The number of hydrogen-bond donors (Lipinski definition) is 2. The largest absolute Gasteiger partial charge is 0.491 e. The molecule has 2 aliphatic heterocycles. The normalized spacial score (nSPS) is 13.6. The van der Waals surface area contributed by atoms with Gasteiger partial charge in [-0.25, -0.2) is 9.83 Å². The number of alkyl halides is 3. The molecule has 2 N–H and O–H groups in total. The van der Waals surface area contributed by atoms with Gasteiger partial charge in [-0.05, 0) is 64.5 Å². The van der Waals surface area contributed by atoms with Crippen LogP contribution in [0.2, 0.25) is 0 Å². The molecular formula is C27H19B2F3N2O6. The summed E-state index contributed by atoms with van der Waals surface area (Å²) in [6.45, 7) is 7.54. The van der Waals surface area contributed by atoms with Crippen molar-refractivity contribution in [3.8, 4) is 23.1 Å². The molecule has 2 aliphatic rings. The summed E-state index contributed by atoms with van der Waals surface area (Å²) < 4.78 is 58.5. The lowest BCUT2D eigenvalue weighted by atomic mass is 9.80. The third kappa shape index (κ3) is 6.27. The molecule has 200 valence electrons. The maximum Gasteiger partial charge on any atom is 0.491 e. The zero-order chi connectivity index (χ0) is 28.3. The number of fused-ring (bicyclic) bond motifs is 2. The molecule has 40 heavy (non-hydrogen) atoms. The first-order valence-corrected chi connectivity index (χ1v) is 11.9. The lowest BCUT2D eigenvalue weighted by molar-refractivity contribution is -0.137. The summed E-state index contributed by atoms with van der Waals surface area (Å²) in [5, 5.41) is 19.0. The Bertz CT molecular complexity index is 1550. The molecule has 0 aliphatic carbocycles. The first kappa shape index (κ1) is 27.2. The van der Waals surface area contributed by atoms with E-state index >= 15 is 0 Å². The second kappa shape index (κ2) is 11.4. The Kier molecular flexibility index (Phi) is 7.77. The number of benzene rings is 3. The van der Waals surface area contributed by atoms with Gasteiger partial charge < -0.3 is 28.8 Å². The average Bonchev–Trinajstić information content (AvgIpc) is 3.50. The van der Waals surface area contributed by atoms with Crippen molar-refractivity contribution in [3.05, 3.63) is 107 Å². The fourth-order valence-electron chi connectivity index (χ4n) is 3.99. The van der Waals surface area contributed by atoms with Crippen molar-refractivity contribution in [3.63, 3.8) is 0 Å². The lowest BCUT2D eigenvalue weighted by Gasteiger charge is -2.08. The minimum absolute atomic E-state index is 0.0578. The number of pyridine rings is 1. The van der Waals surface area contributed by atoms with Crippen LogP contribution in [-0.2, 0) is 28.7 Å². The van der Waals surface area contributed by atoms with Crippen LogP contribution in [0.3, 0.4) is 0 Å². The number of rotatable bonds is 4. The smallest absolute Gasteiger partial charge is 0.457 e. The molecule has 1 aromatic heterocycles. The maximum absolute atomic E-state index is 12.4. The highest BCUT2D eigenvalue weighted by Crippen LogP contribution is 2.30. The third-order valence-corrected chi connectivity index (χ3v) is 6.04. The van der Waals surface area contributed by atoms with Gasteiger partial charge in [0, 0.05) is 12.3 Å². The molecule has 13 heteroatoms. The average molecular weight is 546 g/mol. The summed E-state index contributed by atoms with van der Waals surface area (Å²) in [5.41, 5.74) is 2.89. The molecular weight excluding hydrogens is 527 g/mol. The Morgan fingerprint density at radius 2 is 1.32 bits per heavy atom. The van der Waals surface area contributed by atoms with Gasteiger partial charge in [-0.2, -0.15) is 13.2 Å². The van der Waals surface area contributed by atoms with E-state index in [2.05, 4.69) is 9.83 Å². The van der Waals surface area contributed by atoms with E-state index < -0.39 is 26.0 Å². The second-order valence-electron chi connectivity index (χ2n) is 8.74. The van der Waals surface area contributed by atoms with Crippen LogP contribution in [0.4, 0.5) is 18.9 Å². The Labute approximate surface area is 227 Å². The Morgan fingerprint density at radius 3 is 1.82 bits per heavy atom. The highest BCUT2D eigenvalue weighted by molar-refractivity contribution is 6.62. The number of aromatic nitrogens is 1. The monoisotopic (exact) mass is 546 g/mol. The predicted octanol–water partition coefficient (Wildman–Crippen LogP) is 4.36. The number of nitrogens with zero attached hydrogens (tertiary/aromatic N) is 2. The highest BCUT2D eigenvalue weighted by Gasteiger charge is 2.31. The van der Waals surface area contributed by atoms with Gasteiger partial charge in [0.05, 0.1) is 25.3 Å². The second-order valence-corrected chi connectivity index (χ2v) is 8.74. The maximum atomic E-state index is 12.4. The van der Waals surface area contributed by atoms with E-state index in [1.165, 1.54) is 0 Å². The molecule has 0 radical (unpaired) electrons. The molecule has 0 bridgehead atoms. The van der Waals surface area contributed by atoms with E-state index in [1.54, 1.807) is 54.6 Å². The molecule has 3 heterocycles. The zero-order valence-corrected chi connectivity index (χ0v) is 20.6. The van der Waals surface area contributed by atoms with Gasteiger partial charge in [-0.3, -0.25) is 0 Å². The van der Waals surface area contributed by atoms with Gasteiger partial charge in [0.2, 0.25) is 5.88 Å². The first-order valence-electron chi connectivity index (χ1n) is 11.9. The van der Waals surface area contributed by atoms with Crippen molar-refractivity contribution < 1.29 is 42.0 Å². The van der Waals surface area contributed by atoms with Crippen molar-refractivity contribution in [2.75, 3.05) is 0 Å². The van der Waals surface area contributed by atoms with Crippen molar-refractivity contribution in [2.24, 2.45) is 0 Å². The summed E-state index contributed by atoms with van der Waals surface area (Å²) in [4.78, 5) is 6.95. The summed E-state index contributed by atoms with van der Waals surface area (Å²) in [6, 6.07) is 19.3. The van der Waals surface area contributed by atoms with Gasteiger partial charge in [0.25, 0.3) is 0 Å². The Balaban J connectivity index is 0.000000162. The van der Waals surface area contributed by atoms with Crippen LogP contribution in [-0.4, -0.2) is 29.3 Å². The van der Waals surface area contributed by atoms with Crippen LogP contribution in [0, 0.1) is 6.57 Å². The van der Waals surface area contributed by atoms with Crippen LogP contribution >= 0.6 is 0 Å². The molecule has 4 aromatic rings. The van der Waals surface area contributed by atoms with E-state index in [0.29, 0.717) is 35.0 Å². The van der Waals surface area contributed by atoms with E-state index in [4.69, 9.17) is 25.4 Å². The molecule has 0 unspecified atom stereocenters. The fourth-order valence-corrected chi connectivity index (χ4v) is 3.99. The molecule has 0 atom stereocenters. The Morgan fingerprint density at radius 1 is 0.775 bits per heavy atom. The van der Waals surface area contributed by atoms with E-state index in [9.17, 15) is 23.2 Å². The molecule has 0 fully saturated rings. The minimum atomic E-state index is -4.42. The topological polar surface area (TPSA) is 94.6 Å². The quantitative estimate of drug-likeness (QED) is 0.291. The molecule has 0 amide bonds. The van der Waals surface area contributed by atoms with Crippen molar-refractivity contribution in [1.29, 1.82) is 0 Å². The van der Waals surface area contributed by atoms with Crippen LogP contribution in [0.5, 0.6) is 23.1 Å². The van der Waals surface area contributed by atoms with Crippen molar-refractivity contribution in [1.82, 2.24) is 4.98 Å². The van der Waals surface area contributed by atoms with Gasteiger partial charge in [-0.15, -0.1) is 0 Å². The standard InChI is InChI=1S/C14H10BNO3.C13H9BF3NO3/c1-16-11-2-4-12(5-3-11)19-13-6-7-14-10(8-13)9-18-15(14)17;15-13(16,17)9-1-4-12(18-6-9)21-10-2-3-11-8(5-10)7-20-14(11)19/h2-8,17H,9H2;1-6,19H,7H2. The van der Waals surface area contributed by atoms with Crippen LogP contribution in [0.25, 0.3) is 4.85 Å². The van der Waals surface area contributed by atoms with Crippen LogP contribution in [0.1, 0.15) is 16.7 Å². The molecule has 8 nitrogen and oxygen atoms in total. The molecule has 0 saturated heterocycles. The van der Waals surface area contributed by atoms with Gasteiger partial charge in [0.15, 0.2) is 5.69 Å². The van der Waals surface area contributed by atoms with Gasteiger partial charge >= 0.3 is 20.4 Å². The third-order valence-electron chi connectivity index (χ3n) is 6.04. The fraction of sp³-hybridized carbons (Fsp3) is 0.111. The molecule has 6 rings (SSSR count). The highest BCUT2D eigenvalue weighted by atomic mass is 19.4. The van der Waals surface area contributed by atoms with E-state index in [1.807, 2.05) is 6.07 Å². The first-order chi connectivity index (χ1) is 19.2. The van der Waals surface area contributed by atoms with Crippen molar-refractivity contribution in [2.45, 2.75) is 19.4 Å². The Hall–Kier alpha value is -4.34. The minimum Gasteiger partial charge on any atom is -0.457 e. The summed E-state index contributed by atoms with van der Waals surface area (Å²) in [5.74, 6) is 1.83. The number of halogens is 3. The van der Waals surface area contributed by atoms with Gasteiger partial charge in [-0.1, -0.05) is 24.3 Å². The number of hydrogen-bond acceptors (Lipinski definition) is 7. The SMILES string of the molecule is OB1OCc2cc(Oc3ccc(C(F)(F)F)cn3)ccc21.[C-]#[N+]c1ccc(Oc2ccc3c(c2)COB3O)cc1. The molecule has 0 spiro atoms. The lowest BCUT2D eigenvalue weighted by Crippen LogP contribution is -2.27. The van der Waals surface area contributed by atoms with E-state index in [0.717, 1.165) is 34.9 Å². The van der Waals surface area contributed by atoms with Gasteiger partial charge in [0.1, 0.15) is 17.2 Å². The van der Waals surface area contributed by atoms with Crippen molar-refractivity contribution >= 4 is 30.8 Å². The zero-order valence-electron chi connectivity index (χ0n) is 20.6. The summed E-state index contributed by atoms with van der Waals surface area (Å²) >= 11 is 0. The molecule has 0 saturated carbocycles. The van der Waals surface area contributed by atoms with Crippen LogP contribution < -0.4 is 20.4 Å². The summed E-state index contributed by atoms with van der Waals surface area (Å²) in [6.07, 6.45) is -3.71. The van der Waals surface area contributed by atoms with E-state index in [-0.39, 0.29) is 12.5 Å². The summed E-state index contributed by atoms with van der Waals surface area (Å²) in [7, 11) is -1.78. The van der Waals surface area contributed by atoms with Crippen LogP contribution in [0.15, 0.2) is 79.0 Å². The molecule has 3 aromatic carbocycles. The number of ether oxygens (including phenoxy) is 2.